The Hall–Kier alpha value is -1.24. The fourth-order valence-corrected chi connectivity index (χ4v) is 3.81. The minimum Gasteiger partial charge on any atom is -0.370 e. The van der Waals surface area contributed by atoms with E-state index in [1.54, 1.807) is 11.3 Å². The van der Waals surface area contributed by atoms with Gasteiger partial charge in [-0.2, -0.15) is 0 Å². The molecule has 2 unspecified atom stereocenters. The zero-order valence-electron chi connectivity index (χ0n) is 12.3. The minimum absolute atomic E-state index is 0.348. The highest BCUT2D eigenvalue weighted by Gasteiger charge is 2.21. The maximum Gasteiger partial charge on any atom is 0.158 e. The number of hydrogen-bond acceptors (Lipinski definition) is 6. The van der Waals surface area contributed by atoms with E-state index >= 15 is 0 Å². The van der Waals surface area contributed by atoms with Crippen LogP contribution in [0.5, 0.6) is 0 Å². The third kappa shape index (κ3) is 3.33. The smallest absolute Gasteiger partial charge is 0.158 e. The van der Waals surface area contributed by atoms with Crippen molar-refractivity contribution in [3.05, 3.63) is 17.3 Å². The average molecular weight is 306 g/mol. The van der Waals surface area contributed by atoms with Crippen LogP contribution in [0.3, 0.4) is 0 Å². The lowest BCUT2D eigenvalue weighted by atomic mass is 9.85. The van der Waals surface area contributed by atoms with Gasteiger partial charge in [0.15, 0.2) is 11.6 Å². The Balaban J connectivity index is 1.67. The van der Waals surface area contributed by atoms with Crippen molar-refractivity contribution in [3.63, 3.8) is 0 Å². The number of anilines is 1. The lowest BCUT2D eigenvalue weighted by Gasteiger charge is -2.28. The van der Waals surface area contributed by atoms with Gasteiger partial charge in [0.05, 0.1) is 11.5 Å². The fraction of sp³-hybridized carbons (Fsp3) is 0.600. The fourth-order valence-electron chi connectivity index (χ4n) is 3.03. The number of aromatic nitrogens is 2. The second-order valence-corrected chi connectivity index (χ2v) is 6.54. The number of fused-ring (bicyclic) bond motifs is 1. The lowest BCUT2D eigenvalue weighted by molar-refractivity contribution is -0.00103. The molecule has 2 heterocycles. The van der Waals surface area contributed by atoms with Crippen molar-refractivity contribution in [3.8, 4) is 0 Å². The van der Waals surface area contributed by atoms with Crippen LogP contribution in [0.15, 0.2) is 11.4 Å². The number of nitrogens with zero attached hydrogens (tertiary/aromatic N) is 2. The molecule has 0 saturated heterocycles. The van der Waals surface area contributed by atoms with E-state index in [-0.39, 0.29) is 0 Å². The molecule has 0 aromatic carbocycles. The average Bonchev–Trinajstić information content (AvgIpc) is 3.00. The zero-order chi connectivity index (χ0) is 14.7. The number of hydrogen-bond donors (Lipinski definition) is 2. The summed E-state index contributed by atoms with van der Waals surface area (Å²) in [5.41, 5.74) is 2.65. The molecule has 0 radical (unpaired) electrons. The number of hydrazine groups is 1. The van der Waals surface area contributed by atoms with Crippen LogP contribution in [0.1, 0.15) is 44.9 Å². The lowest BCUT2D eigenvalue weighted by Crippen LogP contribution is -2.23. The van der Waals surface area contributed by atoms with Crippen LogP contribution >= 0.6 is 11.3 Å². The SMILES string of the molecule is CCC1CCCC(OCc2nc(NN)c3ccsc3n2)C1. The summed E-state index contributed by atoms with van der Waals surface area (Å²) in [6.45, 7) is 2.73. The molecule has 5 nitrogen and oxygen atoms in total. The van der Waals surface area contributed by atoms with Crippen LogP contribution in [0.2, 0.25) is 0 Å². The first-order valence-corrected chi connectivity index (χ1v) is 8.50. The van der Waals surface area contributed by atoms with E-state index < -0.39 is 0 Å². The second-order valence-electron chi connectivity index (χ2n) is 5.65. The van der Waals surface area contributed by atoms with Gasteiger partial charge in [0.2, 0.25) is 0 Å². The highest BCUT2D eigenvalue weighted by Crippen LogP contribution is 2.29. The summed E-state index contributed by atoms with van der Waals surface area (Å²) < 4.78 is 6.04. The summed E-state index contributed by atoms with van der Waals surface area (Å²) >= 11 is 1.59. The van der Waals surface area contributed by atoms with E-state index in [0.29, 0.717) is 24.4 Å². The molecule has 1 aliphatic carbocycles. The molecule has 0 bridgehead atoms. The third-order valence-electron chi connectivity index (χ3n) is 4.27. The maximum atomic E-state index is 6.04. The number of nitrogen functional groups attached to an aromatic ring is 1. The number of ether oxygens (including phenoxy) is 1. The van der Waals surface area contributed by atoms with Gasteiger partial charge in [-0.25, -0.2) is 15.8 Å². The van der Waals surface area contributed by atoms with Crippen LogP contribution in [0.4, 0.5) is 5.82 Å². The predicted octanol–water partition coefficient (Wildman–Crippen LogP) is 3.46. The van der Waals surface area contributed by atoms with Crippen molar-refractivity contribution in [1.82, 2.24) is 9.97 Å². The standard InChI is InChI=1S/C15H22N4OS/c1-2-10-4-3-5-11(8-10)20-9-13-17-14(19-16)12-6-7-21-15(12)18-13/h6-7,10-11H,2-5,8-9,16H2,1H3,(H,17,18,19). The first kappa shape index (κ1) is 14.7. The Morgan fingerprint density at radius 1 is 1.43 bits per heavy atom. The van der Waals surface area contributed by atoms with Crippen molar-refractivity contribution in [1.29, 1.82) is 0 Å². The molecule has 2 aromatic rings. The third-order valence-corrected chi connectivity index (χ3v) is 5.07. The van der Waals surface area contributed by atoms with Gasteiger partial charge in [0, 0.05) is 0 Å². The Morgan fingerprint density at radius 2 is 2.33 bits per heavy atom. The van der Waals surface area contributed by atoms with Gasteiger partial charge in [-0.1, -0.05) is 26.2 Å². The van der Waals surface area contributed by atoms with Crippen molar-refractivity contribution >= 4 is 27.4 Å². The molecule has 3 rings (SSSR count). The van der Waals surface area contributed by atoms with E-state index in [0.717, 1.165) is 22.6 Å². The van der Waals surface area contributed by atoms with Gasteiger partial charge in [-0.15, -0.1) is 11.3 Å². The van der Waals surface area contributed by atoms with Gasteiger partial charge < -0.3 is 10.2 Å². The largest absolute Gasteiger partial charge is 0.370 e. The molecule has 0 amide bonds. The van der Waals surface area contributed by atoms with Gasteiger partial charge in [0.25, 0.3) is 0 Å². The predicted molar refractivity (Wildman–Crippen MR) is 86.1 cm³/mol. The van der Waals surface area contributed by atoms with Crippen LogP contribution in [-0.4, -0.2) is 16.1 Å². The van der Waals surface area contributed by atoms with Gasteiger partial charge in [0.1, 0.15) is 11.4 Å². The van der Waals surface area contributed by atoms with E-state index in [1.807, 2.05) is 11.4 Å². The number of nitrogens with two attached hydrogens (primary N) is 1. The van der Waals surface area contributed by atoms with E-state index in [9.17, 15) is 0 Å². The first-order valence-electron chi connectivity index (χ1n) is 7.62. The molecule has 2 aromatic heterocycles. The van der Waals surface area contributed by atoms with Crippen molar-refractivity contribution < 1.29 is 4.74 Å². The quantitative estimate of drug-likeness (QED) is 0.653. The first-order chi connectivity index (χ1) is 10.3. The molecule has 1 saturated carbocycles. The summed E-state index contributed by atoms with van der Waals surface area (Å²) in [6, 6.07) is 1.98. The molecule has 1 fully saturated rings. The van der Waals surface area contributed by atoms with Gasteiger partial charge >= 0.3 is 0 Å². The molecular formula is C15H22N4OS. The summed E-state index contributed by atoms with van der Waals surface area (Å²) in [5, 5.41) is 2.97. The highest BCUT2D eigenvalue weighted by molar-refractivity contribution is 7.16. The Labute approximate surface area is 128 Å². The minimum atomic E-state index is 0.348. The topological polar surface area (TPSA) is 73.1 Å². The number of thiophene rings is 1. The Bertz CT molecular complexity index is 600. The van der Waals surface area contributed by atoms with Crippen LogP contribution in [-0.2, 0) is 11.3 Å². The normalized spacial score (nSPS) is 22.6. The van der Waals surface area contributed by atoms with Crippen molar-refractivity contribution in [2.45, 2.75) is 51.7 Å². The molecule has 0 spiro atoms. The molecule has 3 N–H and O–H groups in total. The number of nitrogens with one attached hydrogen (secondary N) is 1. The van der Waals surface area contributed by atoms with Crippen molar-refractivity contribution in [2.75, 3.05) is 5.43 Å². The van der Waals surface area contributed by atoms with Crippen molar-refractivity contribution in [2.24, 2.45) is 11.8 Å². The van der Waals surface area contributed by atoms with Gasteiger partial charge in [-0.05, 0) is 30.2 Å². The molecule has 114 valence electrons. The molecule has 21 heavy (non-hydrogen) atoms. The van der Waals surface area contributed by atoms with E-state index in [4.69, 9.17) is 10.6 Å². The van der Waals surface area contributed by atoms with Crippen LogP contribution < -0.4 is 11.3 Å². The molecular weight excluding hydrogens is 284 g/mol. The highest BCUT2D eigenvalue weighted by atomic mass is 32.1. The molecule has 0 aliphatic heterocycles. The molecule has 1 aliphatic rings. The summed E-state index contributed by atoms with van der Waals surface area (Å²) in [4.78, 5) is 9.95. The molecule has 6 heteroatoms. The maximum absolute atomic E-state index is 6.04. The monoisotopic (exact) mass is 306 g/mol. The Kier molecular flexibility index (Phi) is 4.67. The zero-order valence-corrected chi connectivity index (χ0v) is 13.2. The number of rotatable bonds is 5. The summed E-state index contributed by atoms with van der Waals surface area (Å²) in [5.74, 6) is 7.73. The van der Waals surface area contributed by atoms with E-state index in [1.165, 1.54) is 25.7 Å². The molecule has 2 atom stereocenters. The second kappa shape index (κ2) is 6.68. The van der Waals surface area contributed by atoms with Crippen LogP contribution in [0, 0.1) is 5.92 Å². The van der Waals surface area contributed by atoms with E-state index in [2.05, 4.69) is 22.3 Å². The summed E-state index contributed by atoms with van der Waals surface area (Å²) in [6.07, 6.45) is 6.53. The van der Waals surface area contributed by atoms with Crippen LogP contribution in [0.25, 0.3) is 10.2 Å². The Morgan fingerprint density at radius 3 is 3.14 bits per heavy atom. The summed E-state index contributed by atoms with van der Waals surface area (Å²) in [7, 11) is 0. The van der Waals surface area contributed by atoms with Gasteiger partial charge in [-0.3, -0.25) is 0 Å².